The Hall–Kier alpha value is -3.50. The number of ketones is 1. The Kier molecular flexibility index (Phi) is 5.92. The molecule has 136 valence electrons. The molecule has 0 atom stereocenters. The van der Waals surface area contributed by atoms with Crippen molar-refractivity contribution in [3.8, 4) is 28.0 Å². The second-order valence-corrected chi connectivity index (χ2v) is 5.93. The van der Waals surface area contributed by atoms with Crippen molar-refractivity contribution in [3.63, 3.8) is 0 Å². The van der Waals surface area contributed by atoms with Gasteiger partial charge in [-0.2, -0.15) is 0 Å². The smallest absolute Gasteiger partial charge is 0.179 e. The summed E-state index contributed by atoms with van der Waals surface area (Å²) < 4.78 is 5.65. The summed E-state index contributed by atoms with van der Waals surface area (Å²) in [7, 11) is 0. The first-order valence-corrected chi connectivity index (χ1v) is 8.78. The van der Waals surface area contributed by atoms with Crippen molar-refractivity contribution in [2.75, 3.05) is 13.2 Å². The zero-order valence-corrected chi connectivity index (χ0v) is 15.1. The number of aromatic nitrogens is 1. The van der Waals surface area contributed by atoms with E-state index in [1.807, 2.05) is 67.7 Å². The highest BCUT2D eigenvalue weighted by atomic mass is 16.5. The molecule has 1 aromatic heterocycles. The fourth-order valence-electron chi connectivity index (χ4n) is 2.95. The third kappa shape index (κ3) is 4.19. The van der Waals surface area contributed by atoms with Gasteiger partial charge in [0.1, 0.15) is 5.75 Å². The predicted molar refractivity (Wildman–Crippen MR) is 106 cm³/mol. The molecule has 3 aromatic rings. The van der Waals surface area contributed by atoms with Crippen molar-refractivity contribution in [1.82, 2.24) is 4.98 Å². The van der Waals surface area contributed by atoms with Crippen molar-refractivity contribution in [1.29, 1.82) is 0 Å². The van der Waals surface area contributed by atoms with Crippen molar-refractivity contribution in [2.24, 2.45) is 5.11 Å². The fourth-order valence-corrected chi connectivity index (χ4v) is 2.95. The average molecular weight is 360 g/mol. The van der Waals surface area contributed by atoms with E-state index < -0.39 is 0 Å². The number of aromatic amines is 1. The molecule has 0 radical (unpaired) electrons. The van der Waals surface area contributed by atoms with E-state index in [-0.39, 0.29) is 12.3 Å². The van der Waals surface area contributed by atoms with Gasteiger partial charge in [0.2, 0.25) is 0 Å². The summed E-state index contributed by atoms with van der Waals surface area (Å²) in [4.78, 5) is 18.3. The molecule has 27 heavy (non-hydrogen) atoms. The highest BCUT2D eigenvalue weighted by molar-refractivity contribution is 6.04. The van der Waals surface area contributed by atoms with E-state index in [9.17, 15) is 4.79 Å². The predicted octanol–water partition coefficient (Wildman–Crippen LogP) is 5.63. The SMILES string of the molecule is CCC(=O)c1[nH]cc(-c2cccc(OCCN=[N+]=[N-])c2)c1-c1ccccc1. The van der Waals surface area contributed by atoms with Gasteiger partial charge in [0.25, 0.3) is 0 Å². The zero-order valence-electron chi connectivity index (χ0n) is 15.1. The molecule has 2 aromatic carbocycles. The third-order valence-electron chi connectivity index (χ3n) is 4.21. The van der Waals surface area contributed by atoms with Crippen LogP contribution in [0.1, 0.15) is 23.8 Å². The number of hydrogen-bond acceptors (Lipinski definition) is 3. The molecule has 0 saturated heterocycles. The minimum Gasteiger partial charge on any atom is -0.493 e. The largest absolute Gasteiger partial charge is 0.493 e. The van der Waals surface area contributed by atoms with Crippen molar-refractivity contribution < 1.29 is 9.53 Å². The van der Waals surface area contributed by atoms with E-state index in [1.54, 1.807) is 0 Å². The molecular formula is C21H20N4O2. The highest BCUT2D eigenvalue weighted by Crippen LogP contribution is 2.36. The first-order chi connectivity index (χ1) is 13.2. The quantitative estimate of drug-likeness (QED) is 0.185. The van der Waals surface area contributed by atoms with Crippen LogP contribution in [-0.4, -0.2) is 23.9 Å². The summed E-state index contributed by atoms with van der Waals surface area (Å²) in [5.41, 5.74) is 12.7. The van der Waals surface area contributed by atoms with Crippen LogP contribution >= 0.6 is 0 Å². The van der Waals surface area contributed by atoms with Gasteiger partial charge in [0.05, 0.1) is 18.8 Å². The van der Waals surface area contributed by atoms with Crippen LogP contribution in [0.4, 0.5) is 0 Å². The van der Waals surface area contributed by atoms with Gasteiger partial charge in [0, 0.05) is 28.7 Å². The molecule has 0 spiro atoms. The first kappa shape index (κ1) is 18.3. The molecule has 0 aliphatic heterocycles. The summed E-state index contributed by atoms with van der Waals surface area (Å²) >= 11 is 0. The van der Waals surface area contributed by atoms with Crippen molar-refractivity contribution in [3.05, 3.63) is 76.9 Å². The summed E-state index contributed by atoms with van der Waals surface area (Å²) in [5.74, 6) is 0.756. The summed E-state index contributed by atoms with van der Waals surface area (Å²) in [6, 6.07) is 17.5. The Morgan fingerprint density at radius 1 is 1.15 bits per heavy atom. The minimum atomic E-state index is 0.0712. The van der Waals surface area contributed by atoms with Gasteiger partial charge in [-0.1, -0.05) is 54.5 Å². The molecule has 0 fully saturated rings. The topological polar surface area (TPSA) is 90.9 Å². The number of Topliss-reactive ketones (excluding diaryl/α,β-unsaturated/α-hetero) is 1. The Morgan fingerprint density at radius 3 is 2.67 bits per heavy atom. The number of carbonyl (C=O) groups is 1. The number of hydrogen-bond donors (Lipinski definition) is 1. The van der Waals surface area contributed by atoms with Gasteiger partial charge in [-0.3, -0.25) is 4.79 Å². The number of benzene rings is 2. The van der Waals surface area contributed by atoms with E-state index in [1.165, 1.54) is 0 Å². The van der Waals surface area contributed by atoms with E-state index >= 15 is 0 Å². The summed E-state index contributed by atoms with van der Waals surface area (Å²) in [5, 5.41) is 3.47. The van der Waals surface area contributed by atoms with Crippen molar-refractivity contribution >= 4 is 5.78 Å². The lowest BCUT2D eigenvalue weighted by Crippen LogP contribution is -2.00. The number of carbonyl (C=O) groups excluding carboxylic acids is 1. The van der Waals surface area contributed by atoms with Crippen LogP contribution in [0.25, 0.3) is 32.7 Å². The highest BCUT2D eigenvalue weighted by Gasteiger charge is 2.19. The number of H-pyrrole nitrogens is 1. The van der Waals surface area contributed by atoms with Crippen LogP contribution in [0.5, 0.6) is 5.75 Å². The number of azide groups is 1. The summed E-state index contributed by atoms with van der Waals surface area (Å²) in [6.45, 7) is 2.44. The lowest BCUT2D eigenvalue weighted by Gasteiger charge is -2.10. The fraction of sp³-hybridized carbons (Fsp3) is 0.190. The maximum atomic E-state index is 12.4. The molecule has 1 N–H and O–H groups in total. The number of rotatable bonds is 8. The van der Waals surface area contributed by atoms with Crippen LogP contribution in [-0.2, 0) is 0 Å². The number of nitrogens with one attached hydrogen (secondary N) is 1. The van der Waals surface area contributed by atoms with E-state index in [0.29, 0.717) is 24.5 Å². The van der Waals surface area contributed by atoms with Gasteiger partial charge < -0.3 is 9.72 Å². The van der Waals surface area contributed by atoms with Gasteiger partial charge in [-0.25, -0.2) is 0 Å². The second-order valence-electron chi connectivity index (χ2n) is 5.93. The van der Waals surface area contributed by atoms with Crippen LogP contribution in [0.2, 0.25) is 0 Å². The number of ether oxygens (including phenoxy) is 1. The third-order valence-corrected chi connectivity index (χ3v) is 4.21. The van der Waals surface area contributed by atoms with Gasteiger partial charge in [-0.05, 0) is 28.8 Å². The van der Waals surface area contributed by atoms with E-state index in [0.717, 1.165) is 22.3 Å². The molecule has 3 rings (SSSR count). The Balaban J connectivity index is 2.01. The molecule has 0 amide bonds. The van der Waals surface area contributed by atoms with Crippen LogP contribution in [0, 0.1) is 0 Å². The molecule has 1 heterocycles. The molecule has 6 nitrogen and oxygen atoms in total. The van der Waals surface area contributed by atoms with Crippen LogP contribution in [0.3, 0.4) is 0 Å². The van der Waals surface area contributed by atoms with Crippen LogP contribution < -0.4 is 4.74 Å². The lowest BCUT2D eigenvalue weighted by atomic mass is 9.95. The second kappa shape index (κ2) is 8.74. The lowest BCUT2D eigenvalue weighted by molar-refractivity contribution is 0.0984. The summed E-state index contributed by atoms with van der Waals surface area (Å²) in [6.07, 6.45) is 2.30. The Labute approximate surface area is 157 Å². The molecule has 0 bridgehead atoms. The molecule has 0 saturated carbocycles. The van der Waals surface area contributed by atoms with Crippen molar-refractivity contribution in [2.45, 2.75) is 13.3 Å². The average Bonchev–Trinajstić information content (AvgIpc) is 3.17. The maximum Gasteiger partial charge on any atom is 0.179 e. The van der Waals surface area contributed by atoms with E-state index in [2.05, 4.69) is 15.0 Å². The first-order valence-electron chi connectivity index (χ1n) is 8.78. The minimum absolute atomic E-state index is 0.0712. The Morgan fingerprint density at radius 2 is 1.93 bits per heavy atom. The number of nitrogens with zero attached hydrogens (tertiary/aromatic N) is 3. The van der Waals surface area contributed by atoms with Crippen LogP contribution in [0.15, 0.2) is 65.9 Å². The normalized spacial score (nSPS) is 10.3. The maximum absolute atomic E-state index is 12.4. The molecule has 0 aliphatic carbocycles. The van der Waals surface area contributed by atoms with E-state index in [4.69, 9.17) is 10.3 Å². The van der Waals surface area contributed by atoms with Gasteiger partial charge in [0.15, 0.2) is 5.78 Å². The molecular weight excluding hydrogens is 340 g/mol. The molecule has 0 aliphatic rings. The Bertz CT molecular complexity index is 973. The molecule has 6 heteroatoms. The monoisotopic (exact) mass is 360 g/mol. The molecule has 0 unspecified atom stereocenters. The zero-order chi connectivity index (χ0) is 19.1. The standard InChI is InChI=1S/C21H20N4O2/c1-2-19(26)21-20(15-7-4-3-5-8-15)18(14-23-21)16-9-6-10-17(13-16)27-12-11-24-25-22/h3-10,13-14,23H,2,11-12H2,1H3. The van der Waals surface area contributed by atoms with Gasteiger partial charge in [-0.15, -0.1) is 0 Å². The van der Waals surface area contributed by atoms with Gasteiger partial charge >= 0.3 is 0 Å².